The Labute approximate surface area is 123 Å². The van der Waals surface area contributed by atoms with E-state index in [1.807, 2.05) is 6.92 Å². The lowest BCUT2D eigenvalue weighted by Gasteiger charge is -2.34. The van der Waals surface area contributed by atoms with E-state index >= 15 is 0 Å². The maximum atomic E-state index is 12.2. The quantitative estimate of drug-likeness (QED) is 0.757. The normalized spacial score (nSPS) is 31.9. The second kappa shape index (κ2) is 6.02. The fraction of sp³-hybridized carbons (Fsp3) is 0.938. The van der Waals surface area contributed by atoms with Gasteiger partial charge in [-0.25, -0.2) is 0 Å². The van der Waals surface area contributed by atoms with Gasteiger partial charge in [-0.05, 0) is 44.9 Å². The summed E-state index contributed by atoms with van der Waals surface area (Å²) in [5.41, 5.74) is -0.551. The van der Waals surface area contributed by atoms with Crippen molar-refractivity contribution in [1.82, 2.24) is 10.2 Å². The van der Waals surface area contributed by atoms with Gasteiger partial charge in [0.05, 0.1) is 7.11 Å². The van der Waals surface area contributed by atoms with Crippen molar-refractivity contribution in [3.8, 4) is 0 Å². The van der Waals surface area contributed by atoms with Crippen molar-refractivity contribution >= 4 is 5.97 Å². The molecule has 1 saturated heterocycles. The van der Waals surface area contributed by atoms with Crippen LogP contribution in [0.1, 0.15) is 47.0 Å². The molecule has 4 unspecified atom stereocenters. The topological polar surface area (TPSA) is 41.6 Å². The first-order valence-corrected chi connectivity index (χ1v) is 7.96. The van der Waals surface area contributed by atoms with Crippen LogP contribution in [0.25, 0.3) is 0 Å². The second-order valence-corrected chi connectivity index (χ2v) is 7.20. The predicted octanol–water partition coefficient (Wildman–Crippen LogP) is 2.04. The second-order valence-electron chi connectivity index (χ2n) is 7.20. The molecule has 1 aliphatic carbocycles. The molecule has 0 spiro atoms. The SMILES string of the molecule is COC(=O)C(C)(CC(C)N1CC(C)C(C)C1)NC1CC1. The summed E-state index contributed by atoms with van der Waals surface area (Å²) >= 11 is 0. The van der Waals surface area contributed by atoms with Crippen molar-refractivity contribution in [3.63, 3.8) is 0 Å². The molecule has 0 bridgehead atoms. The predicted molar refractivity (Wildman–Crippen MR) is 80.6 cm³/mol. The highest BCUT2D eigenvalue weighted by molar-refractivity contribution is 5.80. The van der Waals surface area contributed by atoms with Gasteiger partial charge in [0, 0.05) is 25.2 Å². The van der Waals surface area contributed by atoms with E-state index in [4.69, 9.17) is 4.74 Å². The number of hydrogen-bond donors (Lipinski definition) is 1. The molecule has 2 rings (SSSR count). The van der Waals surface area contributed by atoms with Gasteiger partial charge in [-0.1, -0.05) is 13.8 Å². The highest BCUT2D eigenvalue weighted by atomic mass is 16.5. The molecule has 0 aromatic carbocycles. The Balaban J connectivity index is 1.97. The van der Waals surface area contributed by atoms with E-state index in [-0.39, 0.29) is 5.97 Å². The van der Waals surface area contributed by atoms with Crippen molar-refractivity contribution < 1.29 is 9.53 Å². The smallest absolute Gasteiger partial charge is 0.325 e. The molecule has 4 atom stereocenters. The van der Waals surface area contributed by atoms with Crippen LogP contribution in [0.3, 0.4) is 0 Å². The van der Waals surface area contributed by atoms with Crippen LogP contribution >= 0.6 is 0 Å². The molecule has 20 heavy (non-hydrogen) atoms. The third-order valence-corrected chi connectivity index (χ3v) is 5.08. The average molecular weight is 282 g/mol. The van der Waals surface area contributed by atoms with Crippen molar-refractivity contribution in [2.45, 2.75) is 64.6 Å². The van der Waals surface area contributed by atoms with Crippen molar-refractivity contribution in [2.75, 3.05) is 20.2 Å². The number of esters is 1. The Kier molecular flexibility index (Phi) is 4.75. The zero-order valence-corrected chi connectivity index (χ0v) is 13.6. The minimum Gasteiger partial charge on any atom is -0.468 e. The van der Waals surface area contributed by atoms with Crippen LogP contribution in [0.15, 0.2) is 0 Å². The first-order chi connectivity index (χ1) is 9.35. The van der Waals surface area contributed by atoms with E-state index < -0.39 is 5.54 Å². The average Bonchev–Trinajstić information content (AvgIpc) is 3.13. The lowest BCUT2D eigenvalue weighted by Crippen LogP contribution is -2.54. The first kappa shape index (κ1) is 15.8. The Morgan fingerprint density at radius 2 is 1.90 bits per heavy atom. The van der Waals surface area contributed by atoms with Gasteiger partial charge in [0.15, 0.2) is 0 Å². The summed E-state index contributed by atoms with van der Waals surface area (Å²) in [6, 6.07) is 0.903. The Morgan fingerprint density at radius 3 is 2.35 bits per heavy atom. The molecular weight excluding hydrogens is 252 g/mol. The van der Waals surface area contributed by atoms with Crippen LogP contribution in [0.2, 0.25) is 0 Å². The largest absolute Gasteiger partial charge is 0.468 e. The standard InChI is InChI=1S/C16H30N2O2/c1-11-9-18(10-12(11)2)13(3)8-16(4,15(19)20-5)17-14-6-7-14/h11-14,17H,6-10H2,1-5H3. The van der Waals surface area contributed by atoms with Gasteiger partial charge < -0.3 is 9.64 Å². The van der Waals surface area contributed by atoms with Gasteiger partial charge in [-0.3, -0.25) is 10.1 Å². The number of nitrogens with zero attached hydrogens (tertiary/aromatic N) is 1. The number of carbonyl (C=O) groups is 1. The molecule has 1 aliphatic heterocycles. The van der Waals surface area contributed by atoms with E-state index in [0.29, 0.717) is 12.1 Å². The molecule has 116 valence electrons. The molecule has 0 amide bonds. The van der Waals surface area contributed by atoms with Crippen LogP contribution in [0.4, 0.5) is 0 Å². The molecule has 0 aromatic rings. The summed E-state index contributed by atoms with van der Waals surface area (Å²) in [5.74, 6) is 1.37. The zero-order valence-electron chi connectivity index (χ0n) is 13.6. The van der Waals surface area contributed by atoms with Gasteiger partial charge in [-0.15, -0.1) is 0 Å². The Morgan fingerprint density at radius 1 is 1.35 bits per heavy atom. The molecule has 1 N–H and O–H groups in total. The molecule has 4 nitrogen and oxygen atoms in total. The minimum absolute atomic E-state index is 0.128. The van der Waals surface area contributed by atoms with Crippen LogP contribution < -0.4 is 5.32 Å². The van der Waals surface area contributed by atoms with Gasteiger partial charge in [0.1, 0.15) is 5.54 Å². The molecule has 1 saturated carbocycles. The van der Waals surface area contributed by atoms with E-state index in [0.717, 1.165) is 31.3 Å². The molecular formula is C16H30N2O2. The number of hydrogen-bond acceptors (Lipinski definition) is 4. The molecule has 0 radical (unpaired) electrons. The Bertz CT molecular complexity index is 346. The Hall–Kier alpha value is -0.610. The van der Waals surface area contributed by atoms with Crippen LogP contribution in [0.5, 0.6) is 0 Å². The number of rotatable bonds is 6. The van der Waals surface area contributed by atoms with E-state index in [9.17, 15) is 4.79 Å². The number of likely N-dealkylation sites (tertiary alicyclic amines) is 1. The fourth-order valence-corrected chi connectivity index (χ4v) is 3.36. The monoisotopic (exact) mass is 282 g/mol. The fourth-order valence-electron chi connectivity index (χ4n) is 3.36. The maximum Gasteiger partial charge on any atom is 0.325 e. The van der Waals surface area contributed by atoms with E-state index in [1.54, 1.807) is 0 Å². The van der Waals surface area contributed by atoms with Gasteiger partial charge in [-0.2, -0.15) is 0 Å². The number of methoxy groups -OCH3 is 1. The number of nitrogens with one attached hydrogen (secondary N) is 1. The summed E-state index contributed by atoms with van der Waals surface area (Å²) in [4.78, 5) is 14.7. The summed E-state index contributed by atoms with van der Waals surface area (Å²) < 4.78 is 5.03. The van der Waals surface area contributed by atoms with Gasteiger partial charge in [0.25, 0.3) is 0 Å². The lowest BCUT2D eigenvalue weighted by molar-refractivity contribution is -0.149. The highest BCUT2D eigenvalue weighted by Gasteiger charge is 2.42. The van der Waals surface area contributed by atoms with E-state index in [1.165, 1.54) is 20.0 Å². The number of carbonyl (C=O) groups excluding carboxylic acids is 1. The summed E-state index contributed by atoms with van der Waals surface area (Å²) in [5, 5.41) is 3.49. The third kappa shape index (κ3) is 3.53. The molecule has 2 aliphatic rings. The van der Waals surface area contributed by atoms with Crippen molar-refractivity contribution in [1.29, 1.82) is 0 Å². The van der Waals surface area contributed by atoms with Gasteiger partial charge in [0.2, 0.25) is 0 Å². The molecule has 1 heterocycles. The molecule has 0 aromatic heterocycles. The third-order valence-electron chi connectivity index (χ3n) is 5.08. The molecule has 4 heteroatoms. The van der Waals surface area contributed by atoms with Crippen molar-refractivity contribution in [2.24, 2.45) is 11.8 Å². The van der Waals surface area contributed by atoms with Crippen molar-refractivity contribution in [3.05, 3.63) is 0 Å². The van der Waals surface area contributed by atoms with Crippen LogP contribution in [0, 0.1) is 11.8 Å². The van der Waals surface area contributed by atoms with Crippen LogP contribution in [-0.4, -0.2) is 48.7 Å². The first-order valence-electron chi connectivity index (χ1n) is 7.96. The molecule has 2 fully saturated rings. The lowest BCUT2D eigenvalue weighted by atomic mass is 9.92. The van der Waals surface area contributed by atoms with Gasteiger partial charge >= 0.3 is 5.97 Å². The maximum absolute atomic E-state index is 12.2. The highest BCUT2D eigenvalue weighted by Crippen LogP contribution is 2.30. The zero-order chi connectivity index (χ0) is 14.9. The van der Waals surface area contributed by atoms with E-state index in [2.05, 4.69) is 31.0 Å². The summed E-state index contributed by atoms with van der Waals surface area (Å²) in [7, 11) is 1.49. The summed E-state index contributed by atoms with van der Waals surface area (Å²) in [6.07, 6.45) is 3.17. The van der Waals surface area contributed by atoms with Crippen LogP contribution in [-0.2, 0) is 9.53 Å². The number of ether oxygens (including phenoxy) is 1. The minimum atomic E-state index is -0.551. The summed E-state index contributed by atoms with van der Waals surface area (Å²) in [6.45, 7) is 11.2.